The normalized spacial score (nSPS) is 19.3. The topological polar surface area (TPSA) is 92.8 Å². The van der Waals surface area contributed by atoms with Crippen molar-refractivity contribution in [1.29, 1.82) is 0 Å². The van der Waals surface area contributed by atoms with Crippen LogP contribution in [0.3, 0.4) is 0 Å². The van der Waals surface area contributed by atoms with Crippen LogP contribution in [0, 0.1) is 10.1 Å². The van der Waals surface area contributed by atoms with Gasteiger partial charge in [0.05, 0.1) is 10.3 Å². The number of hydrogen-bond donors (Lipinski definition) is 2. The van der Waals surface area contributed by atoms with Gasteiger partial charge in [-0.2, -0.15) is 0 Å². The first-order valence-corrected chi connectivity index (χ1v) is 10.6. The van der Waals surface area contributed by atoms with Gasteiger partial charge in [0.1, 0.15) is 23.9 Å². The lowest BCUT2D eigenvalue weighted by atomic mass is 9.53. The van der Waals surface area contributed by atoms with Gasteiger partial charge in [-0.25, -0.2) is 0 Å². The molecule has 0 heterocycles. The van der Waals surface area contributed by atoms with E-state index >= 15 is 0 Å². The van der Waals surface area contributed by atoms with Gasteiger partial charge in [-0.05, 0) is 46.5 Å². The SMILES string of the molecule is O=[N+]([O-])c1ccc(OCC23c4ccccc4C(c4ccccc42)c2c(O)ccc(O)c23)cc1. The number of nitro benzene ring substituents is 1. The number of phenolic OH excluding ortho intramolecular Hbond substituents is 2. The van der Waals surface area contributed by atoms with Crippen molar-refractivity contribution in [1.82, 2.24) is 0 Å². The molecule has 4 aromatic carbocycles. The van der Waals surface area contributed by atoms with Gasteiger partial charge < -0.3 is 14.9 Å². The van der Waals surface area contributed by atoms with E-state index in [0.29, 0.717) is 16.9 Å². The maximum atomic E-state index is 11.1. The highest BCUT2D eigenvalue weighted by Gasteiger charge is 2.54. The molecule has 0 fully saturated rings. The molecule has 7 rings (SSSR count). The third kappa shape index (κ3) is 2.55. The second-order valence-corrected chi connectivity index (χ2v) is 8.45. The monoisotopic (exact) mass is 437 g/mol. The Labute approximate surface area is 189 Å². The summed E-state index contributed by atoms with van der Waals surface area (Å²) in [4.78, 5) is 10.6. The van der Waals surface area contributed by atoms with Crippen LogP contribution in [0.25, 0.3) is 0 Å². The van der Waals surface area contributed by atoms with Gasteiger partial charge in [-0.1, -0.05) is 48.5 Å². The molecule has 0 aromatic heterocycles. The Morgan fingerprint density at radius 2 is 1.39 bits per heavy atom. The van der Waals surface area contributed by atoms with Crippen molar-refractivity contribution < 1.29 is 19.9 Å². The third-order valence-electron chi connectivity index (χ3n) is 6.88. The highest BCUT2D eigenvalue weighted by molar-refractivity contribution is 5.76. The van der Waals surface area contributed by atoms with Crippen LogP contribution in [0.15, 0.2) is 84.9 Å². The van der Waals surface area contributed by atoms with Crippen LogP contribution >= 0.6 is 0 Å². The van der Waals surface area contributed by atoms with Crippen molar-refractivity contribution in [2.24, 2.45) is 0 Å². The summed E-state index contributed by atoms with van der Waals surface area (Å²) in [6, 6.07) is 25.1. The van der Waals surface area contributed by atoms with Crippen LogP contribution in [0.1, 0.15) is 39.3 Å². The second-order valence-electron chi connectivity index (χ2n) is 8.45. The largest absolute Gasteiger partial charge is 0.508 e. The molecule has 33 heavy (non-hydrogen) atoms. The first-order valence-electron chi connectivity index (χ1n) is 10.6. The van der Waals surface area contributed by atoms with Crippen LogP contribution in [0.4, 0.5) is 5.69 Å². The van der Waals surface area contributed by atoms with E-state index in [1.54, 1.807) is 12.1 Å². The lowest BCUT2D eigenvalue weighted by Gasteiger charge is -2.50. The first kappa shape index (κ1) is 19.4. The number of nitro groups is 1. The number of benzene rings is 4. The molecular formula is C27H19NO5. The molecule has 162 valence electrons. The molecule has 4 aromatic rings. The fourth-order valence-corrected chi connectivity index (χ4v) is 5.59. The summed E-state index contributed by atoms with van der Waals surface area (Å²) in [7, 11) is 0. The van der Waals surface area contributed by atoms with Crippen LogP contribution in [0.5, 0.6) is 17.2 Å². The summed E-state index contributed by atoms with van der Waals surface area (Å²) >= 11 is 0. The molecule has 2 N–H and O–H groups in total. The van der Waals surface area contributed by atoms with Crippen LogP contribution in [-0.4, -0.2) is 21.7 Å². The highest BCUT2D eigenvalue weighted by Crippen LogP contribution is 2.62. The zero-order valence-corrected chi connectivity index (χ0v) is 17.4. The lowest BCUT2D eigenvalue weighted by molar-refractivity contribution is -0.384. The maximum Gasteiger partial charge on any atom is 0.269 e. The van der Waals surface area contributed by atoms with Crippen LogP contribution in [0.2, 0.25) is 0 Å². The summed E-state index contributed by atoms with van der Waals surface area (Å²) in [5.74, 6) is 0.528. The van der Waals surface area contributed by atoms with E-state index in [2.05, 4.69) is 12.1 Å². The lowest BCUT2D eigenvalue weighted by Crippen LogP contribution is -2.46. The Morgan fingerprint density at radius 1 is 0.818 bits per heavy atom. The number of hydrogen-bond acceptors (Lipinski definition) is 5. The number of nitrogens with zero attached hydrogens (tertiary/aromatic N) is 1. The van der Waals surface area contributed by atoms with E-state index in [0.717, 1.165) is 22.3 Å². The van der Waals surface area contributed by atoms with E-state index in [9.17, 15) is 20.3 Å². The fraction of sp³-hybridized carbons (Fsp3) is 0.111. The summed E-state index contributed by atoms with van der Waals surface area (Å²) in [5.41, 5.74) is 4.64. The molecule has 2 bridgehead atoms. The summed E-state index contributed by atoms with van der Waals surface area (Å²) in [6.45, 7) is 0.148. The maximum absolute atomic E-state index is 11.1. The molecule has 0 radical (unpaired) electrons. The number of aromatic hydroxyl groups is 2. The summed E-state index contributed by atoms with van der Waals surface area (Å²) < 4.78 is 6.25. The molecule has 3 aliphatic carbocycles. The standard InChI is InChI=1S/C27H19NO5/c29-22-13-14-23(30)26-25(22)24-18-5-1-3-7-20(18)27(26,21-8-4-2-6-19(21)24)15-33-17-11-9-16(10-12-17)28(31)32/h1-14,24,29-30H,15H2. The fourth-order valence-electron chi connectivity index (χ4n) is 5.59. The zero-order valence-electron chi connectivity index (χ0n) is 17.4. The smallest absolute Gasteiger partial charge is 0.269 e. The predicted molar refractivity (Wildman–Crippen MR) is 122 cm³/mol. The van der Waals surface area contributed by atoms with Crippen LogP contribution in [-0.2, 0) is 5.41 Å². The Kier molecular flexibility index (Phi) is 4.01. The van der Waals surface area contributed by atoms with Gasteiger partial charge in [0.25, 0.3) is 5.69 Å². The van der Waals surface area contributed by atoms with Gasteiger partial charge in [0.2, 0.25) is 0 Å². The van der Waals surface area contributed by atoms with E-state index in [1.807, 2.05) is 36.4 Å². The second kappa shape index (κ2) is 6.84. The van der Waals surface area contributed by atoms with E-state index in [-0.39, 0.29) is 29.7 Å². The molecule has 0 saturated heterocycles. The van der Waals surface area contributed by atoms with Crippen LogP contribution < -0.4 is 4.74 Å². The summed E-state index contributed by atoms with van der Waals surface area (Å²) in [5, 5.41) is 33.0. The molecule has 0 atom stereocenters. The molecule has 0 aliphatic heterocycles. The zero-order chi connectivity index (χ0) is 22.7. The average molecular weight is 437 g/mol. The van der Waals surface area contributed by atoms with E-state index in [4.69, 9.17) is 4.74 Å². The number of phenols is 2. The van der Waals surface area contributed by atoms with Gasteiger partial charge in [-0.15, -0.1) is 0 Å². The third-order valence-corrected chi connectivity index (χ3v) is 6.88. The number of non-ortho nitro benzene ring substituents is 1. The minimum atomic E-state index is -0.859. The van der Waals surface area contributed by atoms with E-state index < -0.39 is 10.3 Å². The van der Waals surface area contributed by atoms with Gasteiger partial charge in [0.15, 0.2) is 0 Å². The van der Waals surface area contributed by atoms with Gasteiger partial charge >= 0.3 is 0 Å². The minimum Gasteiger partial charge on any atom is -0.508 e. The van der Waals surface area contributed by atoms with Crippen molar-refractivity contribution in [2.45, 2.75) is 11.3 Å². The van der Waals surface area contributed by atoms with Crippen molar-refractivity contribution in [3.05, 3.63) is 128 Å². The predicted octanol–water partition coefficient (Wildman–Crippen LogP) is 5.23. The molecule has 6 heteroatoms. The minimum absolute atomic E-state index is 0.0118. The molecule has 0 amide bonds. The molecular weight excluding hydrogens is 418 g/mol. The van der Waals surface area contributed by atoms with Crippen molar-refractivity contribution in [2.75, 3.05) is 6.61 Å². The Bertz CT molecular complexity index is 1380. The summed E-state index contributed by atoms with van der Waals surface area (Å²) in [6.07, 6.45) is 0. The quantitative estimate of drug-likeness (QED) is 0.259. The van der Waals surface area contributed by atoms with Crippen molar-refractivity contribution >= 4 is 5.69 Å². The Hall–Kier alpha value is -4.32. The molecule has 0 unspecified atom stereocenters. The van der Waals surface area contributed by atoms with Crippen molar-refractivity contribution in [3.8, 4) is 17.2 Å². The first-order chi connectivity index (χ1) is 16.0. The molecule has 0 spiro atoms. The van der Waals surface area contributed by atoms with Gasteiger partial charge in [0, 0.05) is 29.2 Å². The number of rotatable bonds is 4. The highest BCUT2D eigenvalue weighted by atomic mass is 16.6. The van der Waals surface area contributed by atoms with Crippen molar-refractivity contribution in [3.63, 3.8) is 0 Å². The molecule has 0 saturated carbocycles. The Balaban J connectivity index is 1.59. The Morgan fingerprint density at radius 3 is 2.00 bits per heavy atom. The van der Waals surface area contributed by atoms with E-state index in [1.165, 1.54) is 24.3 Å². The molecule has 6 nitrogen and oxygen atoms in total. The molecule has 3 aliphatic rings. The average Bonchev–Trinajstić information content (AvgIpc) is 2.85. The number of ether oxygens (including phenoxy) is 1. The van der Waals surface area contributed by atoms with Gasteiger partial charge in [-0.3, -0.25) is 10.1 Å².